The van der Waals surface area contributed by atoms with Crippen LogP contribution in [0.2, 0.25) is 0 Å². The van der Waals surface area contributed by atoms with E-state index in [4.69, 9.17) is 4.52 Å². The predicted molar refractivity (Wildman–Crippen MR) is 77.9 cm³/mol. The van der Waals surface area contributed by atoms with Gasteiger partial charge in [0.1, 0.15) is 0 Å². The number of carboxylic acids is 1. The number of nitrogens with zero attached hydrogens (tertiary/aromatic N) is 3. The van der Waals surface area contributed by atoms with Crippen molar-refractivity contribution in [1.29, 1.82) is 0 Å². The van der Waals surface area contributed by atoms with Crippen molar-refractivity contribution < 1.29 is 14.4 Å². The summed E-state index contributed by atoms with van der Waals surface area (Å²) < 4.78 is 5.27. The molecule has 0 spiro atoms. The van der Waals surface area contributed by atoms with E-state index in [1.165, 1.54) is 0 Å². The van der Waals surface area contributed by atoms with Crippen molar-refractivity contribution in [2.45, 2.75) is 58.9 Å². The highest BCUT2D eigenvalue weighted by Gasteiger charge is 2.41. The molecule has 0 bridgehead atoms. The molecule has 6 heteroatoms. The maximum Gasteiger partial charge on any atom is 0.310 e. The first kappa shape index (κ1) is 15.9. The van der Waals surface area contributed by atoms with Gasteiger partial charge in [-0.2, -0.15) is 4.98 Å². The molecule has 118 valence electrons. The molecule has 1 fully saturated rings. The van der Waals surface area contributed by atoms with Crippen molar-refractivity contribution in [3.05, 3.63) is 11.7 Å². The van der Waals surface area contributed by atoms with Gasteiger partial charge in [-0.25, -0.2) is 0 Å². The molecule has 0 radical (unpaired) electrons. The van der Waals surface area contributed by atoms with Gasteiger partial charge < -0.3 is 9.63 Å². The van der Waals surface area contributed by atoms with Crippen LogP contribution in [0.3, 0.4) is 0 Å². The number of piperidine rings is 1. The van der Waals surface area contributed by atoms with E-state index in [1.54, 1.807) is 0 Å². The fourth-order valence-corrected chi connectivity index (χ4v) is 3.08. The summed E-state index contributed by atoms with van der Waals surface area (Å²) in [6.45, 7) is 8.07. The minimum atomic E-state index is -0.678. The van der Waals surface area contributed by atoms with Crippen LogP contribution in [0, 0.1) is 5.41 Å². The first-order valence-electron chi connectivity index (χ1n) is 7.75. The van der Waals surface area contributed by atoms with Crippen molar-refractivity contribution in [2.75, 3.05) is 13.1 Å². The highest BCUT2D eigenvalue weighted by atomic mass is 16.5. The van der Waals surface area contributed by atoms with Crippen LogP contribution < -0.4 is 0 Å². The minimum absolute atomic E-state index is 0.238. The first-order valence-corrected chi connectivity index (χ1v) is 7.75. The van der Waals surface area contributed by atoms with Gasteiger partial charge in [0.15, 0.2) is 5.82 Å². The van der Waals surface area contributed by atoms with Crippen LogP contribution in [-0.4, -0.2) is 39.2 Å². The summed E-state index contributed by atoms with van der Waals surface area (Å²) in [7, 11) is 0. The Bertz CT molecular complexity index is 482. The molecule has 1 aliphatic heterocycles. The van der Waals surface area contributed by atoms with Gasteiger partial charge in [0.2, 0.25) is 5.89 Å². The van der Waals surface area contributed by atoms with Gasteiger partial charge in [-0.3, -0.25) is 9.69 Å². The molecule has 1 aromatic heterocycles. The fraction of sp³-hybridized carbons (Fsp3) is 0.800. The first-order chi connectivity index (χ1) is 9.97. The van der Waals surface area contributed by atoms with Crippen LogP contribution in [-0.2, 0) is 11.3 Å². The average Bonchev–Trinajstić information content (AvgIpc) is 2.88. The summed E-state index contributed by atoms with van der Waals surface area (Å²) >= 11 is 0. The van der Waals surface area contributed by atoms with Crippen molar-refractivity contribution in [3.8, 4) is 0 Å². The highest BCUT2D eigenvalue weighted by molar-refractivity contribution is 5.75. The van der Waals surface area contributed by atoms with Gasteiger partial charge in [0.25, 0.3) is 0 Å². The monoisotopic (exact) mass is 295 g/mol. The normalized spacial score (nSPS) is 23.6. The van der Waals surface area contributed by atoms with Crippen molar-refractivity contribution in [2.24, 2.45) is 5.41 Å². The van der Waals surface area contributed by atoms with Gasteiger partial charge >= 0.3 is 5.97 Å². The zero-order valence-electron chi connectivity index (χ0n) is 13.1. The third-order valence-electron chi connectivity index (χ3n) is 4.20. The van der Waals surface area contributed by atoms with Gasteiger partial charge in [0.05, 0.1) is 12.0 Å². The highest BCUT2D eigenvalue weighted by Crippen LogP contribution is 2.35. The Morgan fingerprint density at radius 1 is 1.52 bits per heavy atom. The summed E-state index contributed by atoms with van der Waals surface area (Å²) in [5, 5.41) is 13.6. The topological polar surface area (TPSA) is 79.5 Å². The molecule has 1 aliphatic rings. The van der Waals surface area contributed by atoms with Crippen LogP contribution in [0.15, 0.2) is 4.52 Å². The van der Waals surface area contributed by atoms with E-state index in [2.05, 4.69) is 15.0 Å². The predicted octanol–water partition coefficient (Wildman–Crippen LogP) is 2.66. The second-order valence-corrected chi connectivity index (χ2v) is 6.35. The van der Waals surface area contributed by atoms with Gasteiger partial charge in [-0.1, -0.05) is 32.3 Å². The second-order valence-electron chi connectivity index (χ2n) is 6.35. The molecular weight excluding hydrogens is 270 g/mol. The van der Waals surface area contributed by atoms with Gasteiger partial charge in [0, 0.05) is 12.5 Å². The number of hydrogen-bond donors (Lipinski definition) is 1. The summed E-state index contributed by atoms with van der Waals surface area (Å²) in [4.78, 5) is 18.2. The largest absolute Gasteiger partial charge is 0.481 e. The van der Waals surface area contributed by atoms with Crippen LogP contribution in [0.5, 0.6) is 0 Å². The van der Waals surface area contributed by atoms with E-state index >= 15 is 0 Å². The molecule has 0 saturated carbocycles. The molecule has 6 nitrogen and oxygen atoms in total. The number of hydrogen-bond acceptors (Lipinski definition) is 5. The van der Waals surface area contributed by atoms with E-state index in [-0.39, 0.29) is 5.92 Å². The lowest BCUT2D eigenvalue weighted by atomic mass is 9.76. The number of aromatic nitrogens is 2. The minimum Gasteiger partial charge on any atom is -0.481 e. The molecule has 0 aliphatic carbocycles. The maximum atomic E-state index is 11.7. The molecule has 2 heterocycles. The molecule has 1 N–H and O–H groups in total. The van der Waals surface area contributed by atoms with Gasteiger partial charge in [-0.05, 0) is 25.8 Å². The fourth-order valence-electron chi connectivity index (χ4n) is 3.08. The Hall–Kier alpha value is -1.43. The smallest absolute Gasteiger partial charge is 0.310 e. The summed E-state index contributed by atoms with van der Waals surface area (Å²) in [6, 6.07) is 0. The second kappa shape index (κ2) is 6.56. The lowest BCUT2D eigenvalue weighted by molar-refractivity contribution is -0.153. The lowest BCUT2D eigenvalue weighted by Gasteiger charge is -2.39. The number of carbonyl (C=O) groups is 1. The zero-order chi connectivity index (χ0) is 15.5. The van der Waals surface area contributed by atoms with E-state index in [9.17, 15) is 9.90 Å². The molecule has 1 atom stereocenters. The summed E-state index contributed by atoms with van der Waals surface area (Å²) in [6.07, 6.45) is 3.27. The maximum absolute atomic E-state index is 11.7. The third kappa shape index (κ3) is 3.61. The SMILES string of the molecule is CCCC1(C(=O)O)CCCN(Cc2nc(C(C)C)no2)C1. The van der Waals surface area contributed by atoms with Crippen molar-refractivity contribution in [1.82, 2.24) is 15.0 Å². The standard InChI is InChI=1S/C15H25N3O3/c1-4-6-15(14(19)20)7-5-8-18(10-15)9-12-16-13(11(2)3)17-21-12/h11H,4-10H2,1-3H3,(H,19,20). The van der Waals surface area contributed by atoms with E-state index in [0.29, 0.717) is 24.8 Å². The summed E-state index contributed by atoms with van der Waals surface area (Å²) in [5.74, 6) is 0.848. The molecule has 1 saturated heterocycles. The number of carboxylic acid groups (broad SMARTS) is 1. The quantitative estimate of drug-likeness (QED) is 0.869. The number of likely N-dealkylation sites (tertiary alicyclic amines) is 1. The Kier molecular flexibility index (Phi) is 4.98. The molecule has 1 aromatic rings. The molecule has 21 heavy (non-hydrogen) atoms. The lowest BCUT2D eigenvalue weighted by Crippen LogP contribution is -2.47. The summed E-state index contributed by atoms with van der Waals surface area (Å²) in [5.41, 5.74) is -0.617. The Morgan fingerprint density at radius 3 is 2.86 bits per heavy atom. The molecular formula is C15H25N3O3. The van der Waals surface area contributed by atoms with Crippen molar-refractivity contribution in [3.63, 3.8) is 0 Å². The Labute approximate surface area is 125 Å². The number of aliphatic carboxylic acids is 1. The van der Waals surface area contributed by atoms with E-state index < -0.39 is 11.4 Å². The van der Waals surface area contributed by atoms with Crippen molar-refractivity contribution >= 4 is 5.97 Å². The average molecular weight is 295 g/mol. The van der Waals surface area contributed by atoms with Gasteiger partial charge in [-0.15, -0.1) is 0 Å². The molecule has 0 aromatic carbocycles. The van der Waals surface area contributed by atoms with Crippen LogP contribution >= 0.6 is 0 Å². The molecule has 2 rings (SSSR count). The van der Waals surface area contributed by atoms with Crippen LogP contribution in [0.1, 0.15) is 64.1 Å². The Morgan fingerprint density at radius 2 is 2.29 bits per heavy atom. The Balaban J connectivity index is 2.04. The van der Waals surface area contributed by atoms with Crippen LogP contribution in [0.25, 0.3) is 0 Å². The van der Waals surface area contributed by atoms with Crippen LogP contribution in [0.4, 0.5) is 0 Å². The molecule has 0 amide bonds. The van der Waals surface area contributed by atoms with E-state index in [1.807, 2.05) is 20.8 Å². The number of rotatable bonds is 6. The third-order valence-corrected chi connectivity index (χ3v) is 4.20. The zero-order valence-corrected chi connectivity index (χ0v) is 13.1. The molecule has 1 unspecified atom stereocenters. The van der Waals surface area contributed by atoms with E-state index in [0.717, 1.165) is 32.2 Å².